The number of carbonyl (C=O) groups excluding carboxylic acids is 1. The zero-order chi connectivity index (χ0) is 18.9. The van der Waals surface area contributed by atoms with Crippen LogP contribution in [0.2, 0.25) is 0 Å². The van der Waals surface area contributed by atoms with Crippen molar-refractivity contribution in [1.82, 2.24) is 4.90 Å². The second kappa shape index (κ2) is 7.19. The fourth-order valence-corrected chi connectivity index (χ4v) is 4.89. The lowest BCUT2D eigenvalue weighted by Gasteiger charge is -2.33. The van der Waals surface area contributed by atoms with Gasteiger partial charge in [-0.1, -0.05) is 12.1 Å². The van der Waals surface area contributed by atoms with E-state index < -0.39 is 15.8 Å². The maximum absolute atomic E-state index is 13.2. The SMILES string of the molecule is CCOC(=O)[C@@H]1CCCN(C2=NS(=O)(=O)C(c3ccc(F)cc3)=C2C)C1. The van der Waals surface area contributed by atoms with Gasteiger partial charge in [-0.3, -0.25) is 4.79 Å². The molecule has 6 nitrogen and oxygen atoms in total. The Kier molecular flexibility index (Phi) is 5.13. The largest absolute Gasteiger partial charge is 0.466 e. The summed E-state index contributed by atoms with van der Waals surface area (Å²) in [5, 5.41) is 0. The Balaban J connectivity index is 1.90. The van der Waals surface area contributed by atoms with Crippen LogP contribution in [-0.2, 0) is 19.6 Å². The Morgan fingerprint density at radius 2 is 2.04 bits per heavy atom. The maximum Gasteiger partial charge on any atom is 0.310 e. The molecule has 0 amide bonds. The minimum absolute atomic E-state index is 0.0887. The van der Waals surface area contributed by atoms with Crippen LogP contribution in [0.25, 0.3) is 4.91 Å². The number of rotatable bonds is 3. The van der Waals surface area contributed by atoms with Crippen molar-refractivity contribution in [3.63, 3.8) is 0 Å². The number of piperidine rings is 1. The van der Waals surface area contributed by atoms with Crippen molar-refractivity contribution in [2.24, 2.45) is 10.3 Å². The van der Waals surface area contributed by atoms with Gasteiger partial charge in [0.25, 0.3) is 10.0 Å². The van der Waals surface area contributed by atoms with Crippen LogP contribution in [0.1, 0.15) is 32.3 Å². The van der Waals surface area contributed by atoms with Gasteiger partial charge in [0, 0.05) is 18.7 Å². The molecule has 1 saturated heterocycles. The number of carbonyl (C=O) groups is 1. The zero-order valence-corrected chi connectivity index (χ0v) is 15.6. The molecule has 0 spiro atoms. The van der Waals surface area contributed by atoms with Gasteiger partial charge in [-0.25, -0.2) is 4.39 Å². The molecule has 0 saturated carbocycles. The van der Waals surface area contributed by atoms with Crippen molar-refractivity contribution in [3.8, 4) is 0 Å². The van der Waals surface area contributed by atoms with Crippen LogP contribution in [-0.4, -0.2) is 44.8 Å². The van der Waals surface area contributed by atoms with Gasteiger partial charge >= 0.3 is 5.97 Å². The molecule has 1 fully saturated rings. The van der Waals surface area contributed by atoms with Gasteiger partial charge in [0.15, 0.2) is 0 Å². The van der Waals surface area contributed by atoms with Crippen LogP contribution in [0.4, 0.5) is 4.39 Å². The number of esters is 1. The number of likely N-dealkylation sites (tertiary alicyclic amines) is 1. The first-order chi connectivity index (χ1) is 12.3. The van der Waals surface area contributed by atoms with E-state index in [2.05, 4.69) is 4.40 Å². The Morgan fingerprint density at radius 3 is 2.69 bits per heavy atom. The molecule has 0 N–H and O–H groups in total. The molecular weight excluding hydrogens is 359 g/mol. The highest BCUT2D eigenvalue weighted by Gasteiger charge is 2.36. The highest BCUT2D eigenvalue weighted by Crippen LogP contribution is 2.34. The lowest BCUT2D eigenvalue weighted by atomic mass is 9.97. The summed E-state index contributed by atoms with van der Waals surface area (Å²) >= 11 is 0. The summed E-state index contributed by atoms with van der Waals surface area (Å²) in [6.45, 7) is 4.77. The molecule has 0 radical (unpaired) electrons. The summed E-state index contributed by atoms with van der Waals surface area (Å²) < 4.78 is 47.3. The van der Waals surface area contributed by atoms with Crippen LogP contribution in [0.3, 0.4) is 0 Å². The molecule has 8 heteroatoms. The van der Waals surface area contributed by atoms with Gasteiger partial charge in [-0.15, -0.1) is 4.40 Å². The van der Waals surface area contributed by atoms with E-state index in [0.29, 0.717) is 43.1 Å². The van der Waals surface area contributed by atoms with Crippen LogP contribution in [0.15, 0.2) is 34.2 Å². The molecule has 0 bridgehead atoms. The minimum atomic E-state index is -3.86. The highest BCUT2D eigenvalue weighted by molar-refractivity contribution is 8.00. The second-order valence-electron chi connectivity index (χ2n) is 6.39. The highest BCUT2D eigenvalue weighted by atomic mass is 32.2. The zero-order valence-electron chi connectivity index (χ0n) is 14.7. The van der Waals surface area contributed by atoms with E-state index in [4.69, 9.17) is 4.74 Å². The molecule has 2 aliphatic heterocycles. The third kappa shape index (κ3) is 3.51. The summed E-state index contributed by atoms with van der Waals surface area (Å²) in [6.07, 6.45) is 1.46. The number of halogens is 1. The lowest BCUT2D eigenvalue weighted by Crippen LogP contribution is -2.42. The topological polar surface area (TPSA) is 76.0 Å². The molecule has 1 aromatic carbocycles. The number of benzene rings is 1. The van der Waals surface area contributed by atoms with Crippen LogP contribution < -0.4 is 0 Å². The average Bonchev–Trinajstić information content (AvgIpc) is 2.85. The molecule has 2 aliphatic rings. The smallest absolute Gasteiger partial charge is 0.310 e. The molecule has 3 rings (SSSR count). The van der Waals surface area contributed by atoms with Gasteiger partial charge < -0.3 is 9.64 Å². The molecule has 26 heavy (non-hydrogen) atoms. The fourth-order valence-electron chi connectivity index (χ4n) is 3.41. The average molecular weight is 380 g/mol. The van der Waals surface area contributed by atoms with E-state index >= 15 is 0 Å². The lowest BCUT2D eigenvalue weighted by molar-refractivity contribution is -0.149. The van der Waals surface area contributed by atoms with Crippen molar-refractivity contribution >= 4 is 26.7 Å². The van der Waals surface area contributed by atoms with E-state index in [0.717, 1.165) is 6.42 Å². The number of ether oxygens (including phenoxy) is 1. The predicted molar refractivity (Wildman–Crippen MR) is 96.3 cm³/mol. The fraction of sp³-hybridized carbons (Fsp3) is 0.444. The van der Waals surface area contributed by atoms with Crippen molar-refractivity contribution in [1.29, 1.82) is 0 Å². The third-order valence-corrected chi connectivity index (χ3v) is 6.06. The first-order valence-electron chi connectivity index (χ1n) is 8.57. The second-order valence-corrected chi connectivity index (χ2v) is 7.93. The summed E-state index contributed by atoms with van der Waals surface area (Å²) in [6, 6.07) is 5.31. The predicted octanol–water partition coefficient (Wildman–Crippen LogP) is 2.57. The molecule has 2 heterocycles. The van der Waals surface area contributed by atoms with E-state index in [1.807, 2.05) is 4.90 Å². The third-order valence-electron chi connectivity index (χ3n) is 4.59. The first kappa shape index (κ1) is 18.6. The molecule has 1 aromatic rings. The number of hydrogen-bond acceptors (Lipinski definition) is 5. The molecular formula is C18H21FN2O4S. The van der Waals surface area contributed by atoms with Crippen LogP contribution in [0, 0.1) is 11.7 Å². The molecule has 0 aromatic heterocycles. The van der Waals surface area contributed by atoms with Crippen LogP contribution >= 0.6 is 0 Å². The summed E-state index contributed by atoms with van der Waals surface area (Å²) in [4.78, 5) is 13.9. The van der Waals surface area contributed by atoms with Gasteiger partial charge in [0.2, 0.25) is 0 Å². The molecule has 1 atom stereocenters. The summed E-state index contributed by atoms with van der Waals surface area (Å²) in [7, 11) is -3.86. The quantitative estimate of drug-likeness (QED) is 0.754. The molecule has 140 valence electrons. The van der Waals surface area contributed by atoms with E-state index in [9.17, 15) is 17.6 Å². The van der Waals surface area contributed by atoms with Gasteiger partial charge in [0.05, 0.1) is 12.5 Å². The number of amidine groups is 1. The van der Waals surface area contributed by atoms with Gasteiger partial charge in [-0.05, 0) is 44.4 Å². The Hall–Kier alpha value is -2.22. The number of nitrogens with zero attached hydrogens (tertiary/aromatic N) is 2. The van der Waals surface area contributed by atoms with Crippen molar-refractivity contribution in [3.05, 3.63) is 41.2 Å². The maximum atomic E-state index is 13.2. The Morgan fingerprint density at radius 1 is 1.35 bits per heavy atom. The minimum Gasteiger partial charge on any atom is -0.466 e. The van der Waals surface area contributed by atoms with Crippen molar-refractivity contribution < 1.29 is 22.3 Å². The van der Waals surface area contributed by atoms with Gasteiger partial charge in [0.1, 0.15) is 16.6 Å². The van der Waals surface area contributed by atoms with Crippen LogP contribution in [0.5, 0.6) is 0 Å². The monoisotopic (exact) mass is 380 g/mol. The van der Waals surface area contributed by atoms with Crippen molar-refractivity contribution in [2.45, 2.75) is 26.7 Å². The van der Waals surface area contributed by atoms with Crippen molar-refractivity contribution in [2.75, 3.05) is 19.7 Å². The number of hydrogen-bond donors (Lipinski definition) is 0. The molecule has 0 aliphatic carbocycles. The van der Waals surface area contributed by atoms with E-state index in [-0.39, 0.29) is 16.8 Å². The summed E-state index contributed by atoms with van der Waals surface area (Å²) in [5.74, 6) is -0.633. The number of sulfonamides is 1. The Bertz CT molecular complexity index is 875. The first-order valence-corrected chi connectivity index (χ1v) is 10.0. The summed E-state index contributed by atoms with van der Waals surface area (Å²) in [5.41, 5.74) is 0.919. The standard InChI is InChI=1S/C18H21FN2O4S/c1-3-25-18(22)14-5-4-10-21(11-14)17-12(2)16(26(23,24)20-17)13-6-8-15(19)9-7-13/h6-9,14H,3-5,10-11H2,1-2H3/t14-/m1/s1. The normalized spacial score (nSPS) is 22.3. The molecule has 0 unspecified atom stereocenters. The van der Waals surface area contributed by atoms with Gasteiger partial charge in [-0.2, -0.15) is 8.42 Å². The van der Waals surface area contributed by atoms with E-state index in [1.165, 1.54) is 24.3 Å². The Labute approximate surface area is 152 Å². The van der Waals surface area contributed by atoms with E-state index in [1.54, 1.807) is 13.8 Å².